The first kappa shape index (κ1) is 32.2. The minimum atomic E-state index is -0.440. The van der Waals surface area contributed by atoms with Crippen LogP contribution in [0.2, 0.25) is 0 Å². The summed E-state index contributed by atoms with van der Waals surface area (Å²) in [5.74, 6) is 0. The summed E-state index contributed by atoms with van der Waals surface area (Å²) < 4.78 is 0. The number of nitrogens with zero attached hydrogens (tertiary/aromatic N) is 1. The van der Waals surface area contributed by atoms with Crippen LogP contribution in [0.3, 0.4) is 0 Å². The highest BCUT2D eigenvalue weighted by molar-refractivity contribution is 5.88. The van der Waals surface area contributed by atoms with E-state index in [9.17, 15) is 0 Å². The highest BCUT2D eigenvalue weighted by Crippen LogP contribution is 2.56. The van der Waals surface area contributed by atoms with Crippen LogP contribution in [0.1, 0.15) is 52.8 Å². The van der Waals surface area contributed by atoms with Gasteiger partial charge in [0.15, 0.2) is 0 Å². The molecule has 0 spiro atoms. The van der Waals surface area contributed by atoms with Crippen molar-refractivity contribution in [3.63, 3.8) is 0 Å². The van der Waals surface area contributed by atoms with Crippen molar-refractivity contribution in [2.45, 2.75) is 31.6 Å². The molecule has 0 saturated carbocycles. The largest absolute Gasteiger partial charge is 0.310 e. The molecule has 1 heteroatoms. The molecular formula is C53H41N. The van der Waals surface area contributed by atoms with Gasteiger partial charge in [0.1, 0.15) is 0 Å². The zero-order valence-electron chi connectivity index (χ0n) is 30.9. The molecule has 0 unspecified atom stereocenters. The zero-order chi connectivity index (χ0) is 36.4. The van der Waals surface area contributed by atoms with E-state index in [1.165, 1.54) is 72.3 Å². The van der Waals surface area contributed by atoms with Crippen molar-refractivity contribution >= 4 is 17.1 Å². The van der Waals surface area contributed by atoms with Gasteiger partial charge in [-0.15, -0.1) is 0 Å². The molecule has 0 atom stereocenters. The van der Waals surface area contributed by atoms with E-state index in [-0.39, 0.29) is 5.41 Å². The molecule has 0 aromatic heterocycles. The topological polar surface area (TPSA) is 3.24 Å². The van der Waals surface area contributed by atoms with Crippen molar-refractivity contribution in [2.75, 3.05) is 4.90 Å². The van der Waals surface area contributed by atoms with Gasteiger partial charge in [-0.3, -0.25) is 0 Å². The van der Waals surface area contributed by atoms with Crippen LogP contribution < -0.4 is 4.90 Å². The van der Waals surface area contributed by atoms with E-state index < -0.39 is 5.41 Å². The standard InChI is InChI=1S/C53H41N/c1-36-21-25-39(26-22-36)53(49-19-11-8-16-45(49)46-17-9-12-20-50(46)53)40-27-31-42(32-28-40)54(41-29-23-38(24-30-41)37-13-5-4-6-14-37)43-33-34-47-44-15-7-10-18-48(44)52(2,3)51(47)35-43/h4-35H,1-3H3. The van der Waals surface area contributed by atoms with Crippen LogP contribution in [0.5, 0.6) is 0 Å². The van der Waals surface area contributed by atoms with E-state index in [0.717, 1.165) is 17.1 Å². The average Bonchev–Trinajstić information content (AvgIpc) is 3.65. The molecule has 0 N–H and O–H groups in total. The van der Waals surface area contributed by atoms with Crippen molar-refractivity contribution in [3.05, 3.63) is 233 Å². The second-order valence-corrected chi connectivity index (χ2v) is 15.4. The summed E-state index contributed by atoms with van der Waals surface area (Å²) in [6.07, 6.45) is 0. The summed E-state index contributed by atoms with van der Waals surface area (Å²) in [7, 11) is 0. The van der Waals surface area contributed by atoms with Crippen LogP contribution in [0.4, 0.5) is 17.1 Å². The molecule has 2 aliphatic carbocycles. The van der Waals surface area contributed by atoms with Gasteiger partial charge in [-0.1, -0.05) is 177 Å². The van der Waals surface area contributed by atoms with E-state index in [1.807, 2.05) is 0 Å². The van der Waals surface area contributed by atoms with E-state index >= 15 is 0 Å². The summed E-state index contributed by atoms with van der Waals surface area (Å²) in [5.41, 5.74) is 19.8. The first-order valence-corrected chi connectivity index (χ1v) is 19.0. The normalized spacial score (nSPS) is 14.1. The van der Waals surface area contributed by atoms with Crippen LogP contribution >= 0.6 is 0 Å². The molecule has 0 fully saturated rings. The molecule has 2 aliphatic rings. The third kappa shape index (κ3) is 4.78. The maximum atomic E-state index is 2.42. The number of anilines is 3. The van der Waals surface area contributed by atoms with E-state index in [4.69, 9.17) is 0 Å². The lowest BCUT2D eigenvalue weighted by Crippen LogP contribution is -2.28. The van der Waals surface area contributed by atoms with Gasteiger partial charge >= 0.3 is 0 Å². The van der Waals surface area contributed by atoms with Crippen molar-refractivity contribution in [1.29, 1.82) is 0 Å². The number of hydrogen-bond donors (Lipinski definition) is 0. The minimum absolute atomic E-state index is 0.0989. The van der Waals surface area contributed by atoms with Crippen molar-refractivity contribution in [2.24, 2.45) is 0 Å². The van der Waals surface area contributed by atoms with Gasteiger partial charge in [0, 0.05) is 22.5 Å². The Hall–Kier alpha value is -6.44. The quantitative estimate of drug-likeness (QED) is 0.168. The lowest BCUT2D eigenvalue weighted by atomic mass is 9.67. The predicted molar refractivity (Wildman–Crippen MR) is 226 cm³/mol. The molecule has 0 amide bonds. The molecule has 8 aromatic carbocycles. The maximum absolute atomic E-state index is 2.42. The van der Waals surface area contributed by atoms with Crippen LogP contribution in [0.15, 0.2) is 194 Å². The fourth-order valence-electron chi connectivity index (χ4n) is 9.40. The smallest absolute Gasteiger partial charge is 0.0713 e. The van der Waals surface area contributed by atoms with Crippen molar-refractivity contribution in [3.8, 4) is 33.4 Å². The number of fused-ring (bicyclic) bond motifs is 6. The molecule has 0 heterocycles. The summed E-state index contributed by atoms with van der Waals surface area (Å²) in [6, 6.07) is 72.1. The van der Waals surface area contributed by atoms with E-state index in [0.29, 0.717) is 0 Å². The van der Waals surface area contributed by atoms with E-state index in [1.54, 1.807) is 0 Å². The maximum Gasteiger partial charge on any atom is 0.0713 e. The fraction of sp³-hybridized carbons (Fsp3) is 0.0943. The van der Waals surface area contributed by atoms with Crippen LogP contribution in [-0.4, -0.2) is 0 Å². The Morgan fingerprint density at radius 2 is 0.778 bits per heavy atom. The SMILES string of the molecule is Cc1ccc(C2(c3ccc(N(c4ccc(-c5ccccc5)cc4)c4ccc5c(c4)C(C)(C)c4ccccc4-5)cc3)c3ccccc3-c3ccccc32)cc1. The summed E-state index contributed by atoms with van der Waals surface area (Å²) in [5, 5.41) is 0. The lowest BCUT2D eigenvalue weighted by Gasteiger charge is -2.34. The molecule has 10 rings (SSSR count). The molecule has 1 nitrogen and oxygen atoms in total. The Morgan fingerprint density at radius 3 is 1.37 bits per heavy atom. The third-order valence-electron chi connectivity index (χ3n) is 12.1. The number of benzene rings is 8. The van der Waals surface area contributed by atoms with Crippen LogP contribution in [0.25, 0.3) is 33.4 Å². The highest BCUT2D eigenvalue weighted by Gasteiger charge is 2.46. The summed E-state index contributed by atoms with van der Waals surface area (Å²) >= 11 is 0. The Bertz CT molecular complexity index is 2620. The fourth-order valence-corrected chi connectivity index (χ4v) is 9.40. The summed E-state index contributed by atoms with van der Waals surface area (Å²) in [6.45, 7) is 6.88. The van der Waals surface area contributed by atoms with Gasteiger partial charge in [-0.25, -0.2) is 0 Å². The van der Waals surface area contributed by atoms with Gasteiger partial charge in [0.05, 0.1) is 5.41 Å². The molecule has 0 bridgehead atoms. The zero-order valence-corrected chi connectivity index (χ0v) is 30.9. The third-order valence-corrected chi connectivity index (χ3v) is 12.1. The van der Waals surface area contributed by atoms with E-state index in [2.05, 4.69) is 220 Å². The highest BCUT2D eigenvalue weighted by atomic mass is 15.1. The number of rotatable bonds is 6. The van der Waals surface area contributed by atoms with Gasteiger partial charge in [-0.2, -0.15) is 0 Å². The molecule has 0 saturated heterocycles. The lowest BCUT2D eigenvalue weighted by molar-refractivity contribution is 0.660. The van der Waals surface area contributed by atoms with Gasteiger partial charge < -0.3 is 4.90 Å². The van der Waals surface area contributed by atoms with Crippen molar-refractivity contribution < 1.29 is 0 Å². The second-order valence-electron chi connectivity index (χ2n) is 15.4. The monoisotopic (exact) mass is 691 g/mol. The molecule has 54 heavy (non-hydrogen) atoms. The second kappa shape index (κ2) is 12.3. The molecule has 0 aliphatic heterocycles. The van der Waals surface area contributed by atoms with Gasteiger partial charge in [-0.05, 0) is 110 Å². The predicted octanol–water partition coefficient (Wildman–Crippen LogP) is 13.8. The molecule has 8 aromatic rings. The van der Waals surface area contributed by atoms with Crippen LogP contribution in [-0.2, 0) is 10.8 Å². The number of aryl methyl sites for hydroxylation is 1. The number of hydrogen-bond acceptors (Lipinski definition) is 1. The first-order valence-electron chi connectivity index (χ1n) is 19.0. The minimum Gasteiger partial charge on any atom is -0.310 e. The van der Waals surface area contributed by atoms with Gasteiger partial charge in [0.2, 0.25) is 0 Å². The Balaban J connectivity index is 1.15. The molecular weight excluding hydrogens is 651 g/mol. The first-order chi connectivity index (χ1) is 26.4. The average molecular weight is 692 g/mol. The van der Waals surface area contributed by atoms with Crippen LogP contribution in [0, 0.1) is 6.92 Å². The van der Waals surface area contributed by atoms with Gasteiger partial charge in [0.25, 0.3) is 0 Å². The van der Waals surface area contributed by atoms with Crippen molar-refractivity contribution in [1.82, 2.24) is 0 Å². The Kier molecular flexibility index (Phi) is 7.35. The Morgan fingerprint density at radius 1 is 0.352 bits per heavy atom. The molecule has 258 valence electrons. The summed E-state index contributed by atoms with van der Waals surface area (Å²) in [4.78, 5) is 2.42. The molecule has 0 radical (unpaired) electrons. The Labute approximate surface area is 318 Å².